The normalized spacial score (nSPS) is 14.9. The van der Waals surface area contributed by atoms with Crippen LogP contribution in [0.5, 0.6) is 0 Å². The molecule has 0 fully saturated rings. The van der Waals surface area contributed by atoms with E-state index in [-0.39, 0.29) is 11.9 Å². The molecule has 0 saturated heterocycles. The van der Waals surface area contributed by atoms with Crippen molar-refractivity contribution in [3.63, 3.8) is 0 Å². The first-order valence-corrected chi connectivity index (χ1v) is 5.23. The molecular formula is C10H23N3O2. The molecule has 3 N–H and O–H groups in total. The molecule has 0 heterocycles. The molecule has 0 radical (unpaired) electrons. The Morgan fingerprint density at radius 2 is 2.07 bits per heavy atom. The molecule has 0 aliphatic heterocycles. The Morgan fingerprint density at radius 1 is 1.47 bits per heavy atom. The van der Waals surface area contributed by atoms with Crippen LogP contribution in [0.15, 0.2) is 5.16 Å². The zero-order valence-corrected chi connectivity index (χ0v) is 10.1. The number of hydrogen-bond donors (Lipinski definition) is 2. The van der Waals surface area contributed by atoms with E-state index in [1.807, 2.05) is 6.92 Å². The maximum absolute atomic E-state index is 8.62. The van der Waals surface area contributed by atoms with Gasteiger partial charge in [0.2, 0.25) is 0 Å². The first-order valence-electron chi connectivity index (χ1n) is 5.23. The average molecular weight is 217 g/mol. The summed E-state index contributed by atoms with van der Waals surface area (Å²) in [5, 5.41) is 11.7. The highest BCUT2D eigenvalue weighted by molar-refractivity contribution is 5.84. The molecule has 0 bridgehead atoms. The highest BCUT2D eigenvalue weighted by atomic mass is 16.5. The lowest BCUT2D eigenvalue weighted by Gasteiger charge is -2.29. The molecule has 0 saturated carbocycles. The van der Waals surface area contributed by atoms with Gasteiger partial charge in [0, 0.05) is 20.2 Å². The summed E-state index contributed by atoms with van der Waals surface area (Å²) in [5.74, 6) is 0.780. The van der Waals surface area contributed by atoms with Gasteiger partial charge >= 0.3 is 0 Å². The van der Waals surface area contributed by atoms with E-state index in [9.17, 15) is 0 Å². The molecule has 0 amide bonds. The minimum absolute atomic E-state index is 0.0625. The second-order valence-electron chi connectivity index (χ2n) is 4.08. The fourth-order valence-electron chi connectivity index (χ4n) is 1.39. The Hall–Kier alpha value is -0.810. The molecule has 5 heteroatoms. The van der Waals surface area contributed by atoms with Gasteiger partial charge in [0.15, 0.2) is 5.84 Å². The van der Waals surface area contributed by atoms with Crippen molar-refractivity contribution in [2.75, 3.05) is 26.8 Å². The van der Waals surface area contributed by atoms with E-state index < -0.39 is 0 Å². The molecule has 0 aromatic carbocycles. The van der Waals surface area contributed by atoms with E-state index in [1.165, 1.54) is 0 Å². The average Bonchev–Trinajstić information content (AvgIpc) is 2.21. The minimum atomic E-state index is -0.0625. The van der Waals surface area contributed by atoms with Crippen molar-refractivity contribution in [2.45, 2.75) is 26.8 Å². The highest BCUT2D eigenvalue weighted by Gasteiger charge is 2.18. The quantitative estimate of drug-likeness (QED) is 0.285. The fraction of sp³-hybridized carbons (Fsp3) is 0.900. The van der Waals surface area contributed by atoms with Gasteiger partial charge in [-0.15, -0.1) is 0 Å². The molecule has 0 aliphatic carbocycles. The standard InChI is InChI=1S/C10H23N3O2/c1-8(2)7-13(5-6-15-4)9(3)10(11)12-14/h8-9,14H,5-7H2,1-4H3,(H2,11,12). The summed E-state index contributed by atoms with van der Waals surface area (Å²) in [7, 11) is 1.67. The number of nitrogens with two attached hydrogens (primary N) is 1. The van der Waals surface area contributed by atoms with Gasteiger partial charge in [-0.1, -0.05) is 19.0 Å². The van der Waals surface area contributed by atoms with Crippen LogP contribution in [-0.4, -0.2) is 48.8 Å². The van der Waals surface area contributed by atoms with E-state index in [4.69, 9.17) is 15.7 Å². The van der Waals surface area contributed by atoms with Crippen LogP contribution >= 0.6 is 0 Å². The van der Waals surface area contributed by atoms with E-state index >= 15 is 0 Å². The molecular weight excluding hydrogens is 194 g/mol. The molecule has 1 unspecified atom stereocenters. The largest absolute Gasteiger partial charge is 0.409 e. The van der Waals surface area contributed by atoms with Crippen LogP contribution in [0, 0.1) is 5.92 Å². The third-order valence-electron chi connectivity index (χ3n) is 2.27. The molecule has 0 aromatic rings. The highest BCUT2D eigenvalue weighted by Crippen LogP contribution is 2.04. The monoisotopic (exact) mass is 217 g/mol. The smallest absolute Gasteiger partial charge is 0.156 e. The van der Waals surface area contributed by atoms with Crippen molar-refractivity contribution < 1.29 is 9.94 Å². The summed E-state index contributed by atoms with van der Waals surface area (Å²) in [4.78, 5) is 2.14. The predicted molar refractivity (Wildman–Crippen MR) is 61.2 cm³/mol. The molecule has 0 rings (SSSR count). The zero-order chi connectivity index (χ0) is 11.8. The molecule has 15 heavy (non-hydrogen) atoms. The number of hydrogen-bond acceptors (Lipinski definition) is 4. The van der Waals surface area contributed by atoms with Gasteiger partial charge in [0.25, 0.3) is 0 Å². The van der Waals surface area contributed by atoms with Crippen molar-refractivity contribution in [3.05, 3.63) is 0 Å². The predicted octanol–water partition coefficient (Wildman–Crippen LogP) is 0.726. The summed E-state index contributed by atoms with van der Waals surface area (Å²) in [6, 6.07) is -0.0625. The maximum atomic E-state index is 8.62. The van der Waals surface area contributed by atoms with Gasteiger partial charge in [-0.25, -0.2) is 0 Å². The summed E-state index contributed by atoms with van der Waals surface area (Å²) in [6.07, 6.45) is 0. The lowest BCUT2D eigenvalue weighted by molar-refractivity contribution is 0.131. The first kappa shape index (κ1) is 14.2. The summed E-state index contributed by atoms with van der Waals surface area (Å²) in [6.45, 7) is 8.53. The Bertz CT molecular complexity index is 195. The molecule has 5 nitrogen and oxygen atoms in total. The molecule has 0 aromatic heterocycles. The van der Waals surface area contributed by atoms with Crippen molar-refractivity contribution >= 4 is 5.84 Å². The molecule has 0 spiro atoms. The van der Waals surface area contributed by atoms with Gasteiger partial charge in [-0.3, -0.25) is 4.90 Å². The Balaban J connectivity index is 4.32. The molecule has 0 aliphatic rings. The Morgan fingerprint density at radius 3 is 2.47 bits per heavy atom. The number of nitrogens with zero attached hydrogens (tertiary/aromatic N) is 2. The molecule has 1 atom stereocenters. The van der Waals surface area contributed by atoms with Gasteiger partial charge in [-0.05, 0) is 12.8 Å². The number of oxime groups is 1. The number of methoxy groups -OCH3 is 1. The van der Waals surface area contributed by atoms with Crippen LogP contribution in [0.1, 0.15) is 20.8 Å². The Kier molecular flexibility index (Phi) is 7.07. The lowest BCUT2D eigenvalue weighted by Crippen LogP contribution is -2.45. The summed E-state index contributed by atoms with van der Waals surface area (Å²) in [5.41, 5.74) is 5.58. The van der Waals surface area contributed by atoms with Crippen LogP contribution in [0.4, 0.5) is 0 Å². The first-order chi connectivity index (χ1) is 7.02. The van der Waals surface area contributed by atoms with Gasteiger partial charge in [-0.2, -0.15) is 0 Å². The van der Waals surface area contributed by atoms with Gasteiger partial charge in [0.1, 0.15) is 0 Å². The van der Waals surface area contributed by atoms with E-state index in [1.54, 1.807) is 7.11 Å². The number of ether oxygens (including phenoxy) is 1. The van der Waals surface area contributed by atoms with Crippen molar-refractivity contribution in [1.29, 1.82) is 0 Å². The topological polar surface area (TPSA) is 71.1 Å². The van der Waals surface area contributed by atoms with Crippen molar-refractivity contribution in [1.82, 2.24) is 4.90 Å². The summed E-state index contributed by atoms with van der Waals surface area (Å²) < 4.78 is 5.03. The van der Waals surface area contributed by atoms with E-state index in [0.29, 0.717) is 12.5 Å². The second kappa shape index (κ2) is 7.48. The van der Waals surface area contributed by atoms with Crippen LogP contribution in [0.2, 0.25) is 0 Å². The lowest BCUT2D eigenvalue weighted by atomic mass is 10.1. The third-order valence-corrected chi connectivity index (χ3v) is 2.27. The van der Waals surface area contributed by atoms with Crippen molar-refractivity contribution in [3.8, 4) is 0 Å². The van der Waals surface area contributed by atoms with E-state index in [0.717, 1.165) is 13.1 Å². The van der Waals surface area contributed by atoms with Crippen molar-refractivity contribution in [2.24, 2.45) is 16.8 Å². The maximum Gasteiger partial charge on any atom is 0.156 e. The van der Waals surface area contributed by atoms with Gasteiger partial charge < -0.3 is 15.7 Å². The third kappa shape index (κ3) is 5.59. The van der Waals surface area contributed by atoms with Crippen LogP contribution < -0.4 is 5.73 Å². The second-order valence-corrected chi connectivity index (χ2v) is 4.08. The molecule has 90 valence electrons. The summed E-state index contributed by atoms with van der Waals surface area (Å²) >= 11 is 0. The zero-order valence-electron chi connectivity index (χ0n) is 10.1. The van der Waals surface area contributed by atoms with Crippen LogP contribution in [0.3, 0.4) is 0 Å². The number of amidine groups is 1. The van der Waals surface area contributed by atoms with Crippen LogP contribution in [0.25, 0.3) is 0 Å². The van der Waals surface area contributed by atoms with Gasteiger partial charge in [0.05, 0.1) is 12.6 Å². The number of rotatable bonds is 7. The van der Waals surface area contributed by atoms with Crippen LogP contribution in [-0.2, 0) is 4.74 Å². The minimum Gasteiger partial charge on any atom is -0.409 e. The fourth-order valence-corrected chi connectivity index (χ4v) is 1.39. The SMILES string of the molecule is COCCN(CC(C)C)C(C)C(N)=NO. The van der Waals surface area contributed by atoms with E-state index in [2.05, 4.69) is 23.9 Å². The Labute approximate surface area is 91.9 Å².